The van der Waals surface area contributed by atoms with Gasteiger partial charge in [0, 0.05) is 15.4 Å². The number of halogens is 1. The highest BCUT2D eigenvalue weighted by atomic mass is 79.9. The van der Waals surface area contributed by atoms with Crippen LogP contribution in [-0.2, 0) is 0 Å². The normalized spacial score (nSPS) is 11.4. The summed E-state index contributed by atoms with van der Waals surface area (Å²) < 4.78 is 1.05. The molecule has 1 N–H and O–H groups in total. The molecule has 0 aliphatic carbocycles. The molecule has 1 aromatic heterocycles. The Hall–Kier alpha value is -2.76. The maximum atomic E-state index is 4.69. The summed E-state index contributed by atoms with van der Waals surface area (Å²) in [6.45, 7) is 2.10. The summed E-state index contributed by atoms with van der Waals surface area (Å²) >= 11 is 5.08. The van der Waals surface area contributed by atoms with Crippen molar-refractivity contribution in [2.45, 2.75) is 13.3 Å². The van der Waals surface area contributed by atoms with Crippen molar-refractivity contribution in [3.8, 4) is 22.4 Å². The molecule has 0 saturated carbocycles. The Bertz CT molecular complexity index is 1120. The Morgan fingerprint density at radius 2 is 1.66 bits per heavy atom. The maximum absolute atomic E-state index is 4.69. The van der Waals surface area contributed by atoms with E-state index < -0.39 is 0 Å². The summed E-state index contributed by atoms with van der Waals surface area (Å²) in [6, 6.07) is 27.1. The zero-order chi connectivity index (χ0) is 20.1. The molecule has 0 bridgehead atoms. The van der Waals surface area contributed by atoms with Gasteiger partial charge >= 0.3 is 0 Å². The van der Waals surface area contributed by atoms with Gasteiger partial charge in [0.25, 0.3) is 0 Å². The van der Waals surface area contributed by atoms with E-state index in [0.29, 0.717) is 0 Å². The first-order valence-corrected chi connectivity index (χ1v) is 11.1. The lowest BCUT2D eigenvalue weighted by atomic mass is 10.0. The lowest BCUT2D eigenvalue weighted by Gasteiger charge is -2.05. The van der Waals surface area contributed by atoms with Gasteiger partial charge in [-0.3, -0.25) is 5.43 Å². The second kappa shape index (κ2) is 9.16. The molecule has 0 spiro atoms. The first-order chi connectivity index (χ1) is 14.2. The van der Waals surface area contributed by atoms with Crippen LogP contribution in [0, 0.1) is 0 Å². The van der Waals surface area contributed by atoms with Crippen LogP contribution in [0.4, 0.5) is 5.13 Å². The van der Waals surface area contributed by atoms with Gasteiger partial charge < -0.3 is 0 Å². The van der Waals surface area contributed by atoms with Gasteiger partial charge in [-0.15, -0.1) is 11.3 Å². The lowest BCUT2D eigenvalue weighted by molar-refractivity contribution is 1.21. The molecule has 0 saturated heterocycles. The van der Waals surface area contributed by atoms with Gasteiger partial charge in [0.2, 0.25) is 5.13 Å². The lowest BCUT2D eigenvalue weighted by Crippen LogP contribution is -2.03. The van der Waals surface area contributed by atoms with E-state index in [-0.39, 0.29) is 0 Å². The van der Waals surface area contributed by atoms with Crippen molar-refractivity contribution in [1.82, 2.24) is 4.98 Å². The topological polar surface area (TPSA) is 37.3 Å². The first kappa shape index (κ1) is 19.6. The number of hydrazone groups is 1. The number of hydrogen-bond donors (Lipinski definition) is 1. The molecule has 29 heavy (non-hydrogen) atoms. The number of nitrogens with zero attached hydrogens (tertiary/aromatic N) is 2. The average Bonchev–Trinajstić information content (AvgIpc) is 3.24. The van der Waals surface area contributed by atoms with Crippen molar-refractivity contribution >= 4 is 38.1 Å². The second-order valence-electron chi connectivity index (χ2n) is 6.52. The van der Waals surface area contributed by atoms with E-state index in [1.165, 1.54) is 11.1 Å². The van der Waals surface area contributed by atoms with Crippen LogP contribution < -0.4 is 5.43 Å². The highest BCUT2D eigenvalue weighted by Gasteiger charge is 2.06. The van der Waals surface area contributed by atoms with Crippen LogP contribution in [-0.4, -0.2) is 10.7 Å². The fraction of sp³-hybridized carbons (Fsp3) is 0.0833. The quantitative estimate of drug-likeness (QED) is 0.238. The molecule has 5 heteroatoms. The van der Waals surface area contributed by atoms with Gasteiger partial charge in [0.05, 0.1) is 11.4 Å². The molecule has 4 aromatic rings. The maximum Gasteiger partial charge on any atom is 0.203 e. The van der Waals surface area contributed by atoms with Crippen LogP contribution in [0.5, 0.6) is 0 Å². The standard InChI is InChI=1S/C24H20BrN3S/c1-2-22(20-9-6-10-21(25)15-20)27-28-24-26-23(16-29-24)19-13-11-18(12-14-19)17-7-4-3-5-8-17/h3-16H,2H2,1H3,(H,26,28)/b27-22+. The van der Waals surface area contributed by atoms with Crippen molar-refractivity contribution in [3.63, 3.8) is 0 Å². The second-order valence-corrected chi connectivity index (χ2v) is 8.29. The molecule has 4 rings (SSSR count). The summed E-state index contributed by atoms with van der Waals surface area (Å²) in [5.74, 6) is 0. The monoisotopic (exact) mass is 461 g/mol. The minimum atomic E-state index is 0.785. The number of thiazole rings is 1. The van der Waals surface area contributed by atoms with Gasteiger partial charge in [0.1, 0.15) is 0 Å². The van der Waals surface area contributed by atoms with Gasteiger partial charge in [-0.2, -0.15) is 5.10 Å². The van der Waals surface area contributed by atoms with E-state index in [1.54, 1.807) is 11.3 Å². The molecule has 0 aliphatic rings. The molecule has 0 fully saturated rings. The van der Waals surface area contributed by atoms with Gasteiger partial charge in [0.15, 0.2) is 0 Å². The van der Waals surface area contributed by atoms with E-state index in [9.17, 15) is 0 Å². The first-order valence-electron chi connectivity index (χ1n) is 9.43. The van der Waals surface area contributed by atoms with Crippen LogP contribution in [0.15, 0.2) is 93.8 Å². The Kier molecular flexibility index (Phi) is 6.17. The highest BCUT2D eigenvalue weighted by Crippen LogP contribution is 2.27. The third-order valence-corrected chi connectivity index (χ3v) is 5.81. The Labute approximate surface area is 183 Å². The van der Waals surface area contributed by atoms with E-state index in [0.717, 1.165) is 38.6 Å². The van der Waals surface area contributed by atoms with Crippen molar-refractivity contribution in [2.75, 3.05) is 5.43 Å². The summed E-state index contributed by atoms with van der Waals surface area (Å²) in [7, 11) is 0. The van der Waals surface area contributed by atoms with Crippen LogP contribution in [0.1, 0.15) is 18.9 Å². The summed E-state index contributed by atoms with van der Waals surface area (Å²) in [5, 5.41) is 7.42. The Morgan fingerprint density at radius 3 is 2.38 bits per heavy atom. The zero-order valence-corrected chi connectivity index (χ0v) is 18.4. The number of rotatable bonds is 6. The molecule has 3 nitrogen and oxygen atoms in total. The third kappa shape index (κ3) is 4.81. The highest BCUT2D eigenvalue weighted by molar-refractivity contribution is 9.10. The number of benzene rings is 3. The fourth-order valence-electron chi connectivity index (χ4n) is 3.05. The molecule has 0 aliphatic heterocycles. The Morgan fingerprint density at radius 1 is 0.931 bits per heavy atom. The largest absolute Gasteiger partial charge is 0.252 e. The van der Waals surface area contributed by atoms with Crippen LogP contribution in [0.3, 0.4) is 0 Å². The molecule has 0 unspecified atom stereocenters. The fourth-order valence-corrected chi connectivity index (χ4v) is 4.11. The van der Waals surface area contributed by atoms with Crippen molar-refractivity contribution in [3.05, 3.63) is 94.3 Å². The Balaban J connectivity index is 1.49. The third-order valence-electron chi connectivity index (χ3n) is 4.57. The summed E-state index contributed by atoms with van der Waals surface area (Å²) in [5.41, 5.74) is 9.69. The minimum Gasteiger partial charge on any atom is -0.252 e. The molecule has 3 aromatic carbocycles. The van der Waals surface area contributed by atoms with Crippen LogP contribution >= 0.6 is 27.3 Å². The average molecular weight is 462 g/mol. The number of anilines is 1. The van der Waals surface area contributed by atoms with E-state index in [4.69, 9.17) is 4.98 Å². The predicted molar refractivity (Wildman–Crippen MR) is 128 cm³/mol. The molecule has 0 atom stereocenters. The molecule has 0 radical (unpaired) electrons. The molecule has 1 heterocycles. The summed E-state index contributed by atoms with van der Waals surface area (Å²) in [4.78, 5) is 4.69. The van der Waals surface area contributed by atoms with Crippen LogP contribution in [0.25, 0.3) is 22.4 Å². The van der Waals surface area contributed by atoms with Crippen molar-refractivity contribution in [1.29, 1.82) is 0 Å². The van der Waals surface area contributed by atoms with Crippen molar-refractivity contribution < 1.29 is 0 Å². The van der Waals surface area contributed by atoms with E-state index in [1.807, 2.05) is 18.2 Å². The zero-order valence-electron chi connectivity index (χ0n) is 16.0. The number of aromatic nitrogens is 1. The number of hydrogen-bond acceptors (Lipinski definition) is 4. The molecular formula is C24H20BrN3S. The van der Waals surface area contributed by atoms with E-state index >= 15 is 0 Å². The summed E-state index contributed by atoms with van der Waals surface area (Å²) in [6.07, 6.45) is 0.836. The van der Waals surface area contributed by atoms with Gasteiger partial charge in [-0.1, -0.05) is 89.6 Å². The van der Waals surface area contributed by atoms with Gasteiger partial charge in [-0.05, 0) is 35.2 Å². The van der Waals surface area contributed by atoms with Crippen LogP contribution in [0.2, 0.25) is 0 Å². The minimum absolute atomic E-state index is 0.785. The number of nitrogens with one attached hydrogen (secondary N) is 1. The predicted octanol–water partition coefficient (Wildman–Crippen LogP) is 7.47. The molecular weight excluding hydrogens is 442 g/mol. The van der Waals surface area contributed by atoms with E-state index in [2.05, 4.69) is 99.4 Å². The smallest absolute Gasteiger partial charge is 0.203 e. The molecule has 144 valence electrons. The molecule has 0 amide bonds. The van der Waals surface area contributed by atoms with Crippen molar-refractivity contribution in [2.24, 2.45) is 5.10 Å². The SMILES string of the molecule is CC/C(=N\Nc1nc(-c2ccc(-c3ccccc3)cc2)cs1)c1cccc(Br)c1. The van der Waals surface area contributed by atoms with Gasteiger partial charge in [-0.25, -0.2) is 4.98 Å².